The minimum absolute atomic E-state index is 0.116. The van der Waals surface area contributed by atoms with Crippen LogP contribution in [-0.2, 0) is 0 Å². The predicted molar refractivity (Wildman–Crippen MR) is 72.5 cm³/mol. The van der Waals surface area contributed by atoms with Gasteiger partial charge in [0.05, 0.1) is 0 Å². The van der Waals surface area contributed by atoms with Gasteiger partial charge in [0, 0.05) is 33.5 Å². The van der Waals surface area contributed by atoms with Crippen LogP contribution in [0.1, 0.15) is 24.2 Å². The highest BCUT2D eigenvalue weighted by molar-refractivity contribution is 9.10. The number of hydrogen-bond donors (Lipinski definition) is 1. The Bertz CT molecular complexity index is 584. The number of nitrogens with two attached hydrogens (primary N) is 1. The quantitative estimate of drug-likeness (QED) is 0.925. The van der Waals surface area contributed by atoms with Gasteiger partial charge in [0.2, 0.25) is 0 Å². The summed E-state index contributed by atoms with van der Waals surface area (Å²) in [6.07, 6.45) is 1.69. The Morgan fingerprint density at radius 3 is 2.72 bits per heavy atom. The normalized spacial score (nSPS) is 12.5. The van der Waals surface area contributed by atoms with Gasteiger partial charge in [0.15, 0.2) is 5.82 Å². The van der Waals surface area contributed by atoms with Gasteiger partial charge in [0.25, 0.3) is 0 Å². The third kappa shape index (κ3) is 2.57. The van der Waals surface area contributed by atoms with E-state index in [4.69, 9.17) is 5.73 Å². The second kappa shape index (κ2) is 5.12. The first-order chi connectivity index (χ1) is 8.49. The monoisotopic (exact) mass is 309 g/mol. The number of halogens is 2. The summed E-state index contributed by atoms with van der Waals surface area (Å²) in [5.41, 5.74) is 8.15. The molecule has 94 valence electrons. The van der Waals surface area contributed by atoms with E-state index in [1.807, 2.05) is 13.8 Å². The van der Waals surface area contributed by atoms with Crippen molar-refractivity contribution < 1.29 is 4.39 Å². The maximum absolute atomic E-state index is 13.2. The molecule has 0 radical (unpaired) electrons. The van der Waals surface area contributed by atoms with Crippen molar-refractivity contribution >= 4 is 15.9 Å². The summed E-state index contributed by atoms with van der Waals surface area (Å²) in [6.45, 7) is 3.75. The zero-order valence-corrected chi connectivity index (χ0v) is 11.7. The molecule has 1 heterocycles. The molecule has 0 saturated heterocycles. The molecule has 5 heteroatoms. The Morgan fingerprint density at radius 1 is 1.39 bits per heavy atom. The summed E-state index contributed by atoms with van der Waals surface area (Å²) in [5.74, 6) is 0.175. The van der Waals surface area contributed by atoms with Crippen molar-refractivity contribution in [1.29, 1.82) is 0 Å². The summed E-state index contributed by atoms with van der Waals surface area (Å²) in [5, 5.41) is 0. The molecule has 0 aliphatic heterocycles. The maximum Gasteiger partial charge on any atom is 0.160 e. The van der Waals surface area contributed by atoms with Crippen LogP contribution in [0.25, 0.3) is 11.4 Å². The van der Waals surface area contributed by atoms with Gasteiger partial charge >= 0.3 is 0 Å². The molecule has 18 heavy (non-hydrogen) atoms. The minimum Gasteiger partial charge on any atom is -0.324 e. The van der Waals surface area contributed by atoms with E-state index in [9.17, 15) is 4.39 Å². The zero-order chi connectivity index (χ0) is 13.3. The molecule has 0 spiro atoms. The van der Waals surface area contributed by atoms with Crippen LogP contribution in [0.2, 0.25) is 0 Å². The van der Waals surface area contributed by atoms with Gasteiger partial charge in [0.1, 0.15) is 5.82 Å². The predicted octanol–water partition coefficient (Wildman–Crippen LogP) is 3.37. The smallest absolute Gasteiger partial charge is 0.160 e. The van der Waals surface area contributed by atoms with E-state index in [0.29, 0.717) is 11.4 Å². The number of nitrogens with zero attached hydrogens (tertiary/aromatic N) is 2. The van der Waals surface area contributed by atoms with Gasteiger partial charge in [-0.15, -0.1) is 0 Å². The van der Waals surface area contributed by atoms with Gasteiger partial charge in [-0.1, -0.05) is 15.9 Å². The first kappa shape index (κ1) is 13.1. The lowest BCUT2D eigenvalue weighted by molar-refractivity contribution is 0.628. The average molecular weight is 310 g/mol. The molecule has 0 amide bonds. The Labute approximate surface area is 113 Å². The van der Waals surface area contributed by atoms with E-state index < -0.39 is 0 Å². The lowest BCUT2D eigenvalue weighted by Gasteiger charge is -2.10. The van der Waals surface area contributed by atoms with Crippen molar-refractivity contribution in [3.63, 3.8) is 0 Å². The van der Waals surface area contributed by atoms with Crippen molar-refractivity contribution in [2.75, 3.05) is 0 Å². The van der Waals surface area contributed by atoms with E-state index >= 15 is 0 Å². The van der Waals surface area contributed by atoms with E-state index in [1.54, 1.807) is 12.3 Å². The van der Waals surface area contributed by atoms with E-state index in [0.717, 1.165) is 15.7 Å². The van der Waals surface area contributed by atoms with E-state index in [1.165, 1.54) is 12.1 Å². The molecule has 0 aliphatic carbocycles. The van der Waals surface area contributed by atoms with Crippen LogP contribution in [0.15, 0.2) is 28.9 Å². The van der Waals surface area contributed by atoms with Crippen LogP contribution in [0, 0.1) is 12.7 Å². The molecule has 3 nitrogen and oxygen atoms in total. The van der Waals surface area contributed by atoms with Gasteiger partial charge < -0.3 is 5.73 Å². The van der Waals surface area contributed by atoms with Crippen molar-refractivity contribution in [3.05, 3.63) is 45.9 Å². The molecular formula is C13H13BrFN3. The van der Waals surface area contributed by atoms with Gasteiger partial charge in [-0.3, -0.25) is 0 Å². The third-order valence-corrected chi connectivity index (χ3v) is 3.37. The largest absolute Gasteiger partial charge is 0.324 e. The van der Waals surface area contributed by atoms with Crippen molar-refractivity contribution in [2.45, 2.75) is 19.9 Å². The molecule has 1 aromatic carbocycles. The van der Waals surface area contributed by atoms with Gasteiger partial charge in [-0.05, 0) is 32.0 Å². The molecule has 0 saturated carbocycles. The summed E-state index contributed by atoms with van der Waals surface area (Å²) in [7, 11) is 0. The SMILES string of the molecule is Cc1nc(-c2cc(F)ccc2Br)ncc1[C@H](C)N. The van der Waals surface area contributed by atoms with Crippen LogP contribution >= 0.6 is 15.9 Å². The summed E-state index contributed by atoms with van der Waals surface area (Å²) in [4.78, 5) is 8.62. The zero-order valence-electron chi connectivity index (χ0n) is 10.1. The number of rotatable bonds is 2. The molecule has 2 rings (SSSR count). The van der Waals surface area contributed by atoms with Crippen molar-refractivity contribution in [2.24, 2.45) is 5.73 Å². The lowest BCUT2D eigenvalue weighted by atomic mass is 10.1. The highest BCUT2D eigenvalue weighted by atomic mass is 79.9. The Balaban J connectivity index is 2.52. The van der Waals surface area contributed by atoms with Crippen molar-refractivity contribution in [3.8, 4) is 11.4 Å². The second-order valence-corrected chi connectivity index (χ2v) is 5.00. The maximum atomic E-state index is 13.2. The number of aryl methyl sites for hydroxylation is 1. The summed E-state index contributed by atoms with van der Waals surface area (Å²) in [6, 6.07) is 4.32. The Morgan fingerprint density at radius 2 is 2.11 bits per heavy atom. The lowest BCUT2D eigenvalue weighted by Crippen LogP contribution is -2.09. The third-order valence-electron chi connectivity index (χ3n) is 2.68. The standard InChI is InChI=1S/C13H13BrFN3/c1-7(16)11-6-17-13(18-8(11)2)10-5-9(15)3-4-12(10)14/h3-7H,16H2,1-2H3/t7-/m0/s1. The van der Waals surface area contributed by atoms with E-state index in [-0.39, 0.29) is 11.9 Å². The molecule has 0 bridgehead atoms. The molecule has 1 atom stereocenters. The fourth-order valence-electron chi connectivity index (χ4n) is 1.72. The molecule has 0 unspecified atom stereocenters. The highest BCUT2D eigenvalue weighted by Crippen LogP contribution is 2.27. The number of hydrogen-bond acceptors (Lipinski definition) is 3. The molecule has 0 aliphatic rings. The van der Waals surface area contributed by atoms with Crippen LogP contribution < -0.4 is 5.73 Å². The van der Waals surface area contributed by atoms with Crippen LogP contribution in [0.4, 0.5) is 4.39 Å². The van der Waals surface area contributed by atoms with Crippen LogP contribution in [-0.4, -0.2) is 9.97 Å². The van der Waals surface area contributed by atoms with Gasteiger partial charge in [-0.2, -0.15) is 0 Å². The second-order valence-electron chi connectivity index (χ2n) is 4.15. The first-order valence-corrected chi connectivity index (χ1v) is 6.33. The fourth-order valence-corrected chi connectivity index (χ4v) is 2.15. The Hall–Kier alpha value is -1.33. The number of aromatic nitrogens is 2. The highest BCUT2D eigenvalue weighted by Gasteiger charge is 2.11. The molecule has 1 aromatic heterocycles. The average Bonchev–Trinajstić information content (AvgIpc) is 2.31. The van der Waals surface area contributed by atoms with Crippen LogP contribution in [0.5, 0.6) is 0 Å². The molecule has 0 fully saturated rings. The van der Waals surface area contributed by atoms with Crippen molar-refractivity contribution in [1.82, 2.24) is 9.97 Å². The topological polar surface area (TPSA) is 51.8 Å². The summed E-state index contributed by atoms with van der Waals surface area (Å²) < 4.78 is 14.0. The summed E-state index contributed by atoms with van der Waals surface area (Å²) >= 11 is 3.37. The number of benzene rings is 1. The molecular weight excluding hydrogens is 297 g/mol. The van der Waals surface area contributed by atoms with Crippen LogP contribution in [0.3, 0.4) is 0 Å². The first-order valence-electron chi connectivity index (χ1n) is 5.53. The molecule has 2 N–H and O–H groups in total. The van der Waals surface area contributed by atoms with E-state index in [2.05, 4.69) is 25.9 Å². The minimum atomic E-state index is -0.314. The molecule has 2 aromatic rings. The fraction of sp³-hybridized carbons (Fsp3) is 0.231. The Kier molecular flexibility index (Phi) is 3.73. The van der Waals surface area contributed by atoms with Gasteiger partial charge in [-0.25, -0.2) is 14.4 Å².